The molecule has 0 radical (unpaired) electrons. The third-order valence-corrected chi connectivity index (χ3v) is 5.54. The molecule has 1 aliphatic rings. The summed E-state index contributed by atoms with van der Waals surface area (Å²) in [6.45, 7) is 8.28. The number of amides is 3. The fourth-order valence-electron chi connectivity index (χ4n) is 3.34. The predicted molar refractivity (Wildman–Crippen MR) is 113 cm³/mol. The molecule has 1 saturated heterocycles. The van der Waals surface area contributed by atoms with Crippen LogP contribution in [0.2, 0.25) is 0 Å². The van der Waals surface area contributed by atoms with E-state index in [0.717, 1.165) is 17.5 Å². The smallest absolute Gasteiger partial charge is 0.246 e. The first kappa shape index (κ1) is 23.2. The summed E-state index contributed by atoms with van der Waals surface area (Å²) in [6, 6.07) is 6.10. The minimum Gasteiger partial charge on any atom is -0.350 e. The van der Waals surface area contributed by atoms with Gasteiger partial charge in [-0.1, -0.05) is 43.7 Å². The number of halogens is 1. The Bertz CT molecular complexity index is 723. The maximum Gasteiger partial charge on any atom is 0.246 e. The summed E-state index contributed by atoms with van der Waals surface area (Å²) < 4.78 is 0. The molecule has 7 nitrogen and oxygen atoms in total. The van der Waals surface area contributed by atoms with Crippen molar-refractivity contribution in [1.82, 2.24) is 20.4 Å². The van der Waals surface area contributed by atoms with Crippen LogP contribution in [0.1, 0.15) is 44.7 Å². The summed E-state index contributed by atoms with van der Waals surface area (Å²) in [7, 11) is 0. The summed E-state index contributed by atoms with van der Waals surface area (Å²) in [5.74, 6) is -0.873. The van der Waals surface area contributed by atoms with Gasteiger partial charge in [0.1, 0.15) is 12.1 Å². The number of nitrogens with zero attached hydrogens (tertiary/aromatic N) is 1. The minimum absolute atomic E-state index is 0.120. The maximum absolute atomic E-state index is 13.1. The predicted octanol–water partition coefficient (Wildman–Crippen LogP) is 1.87. The van der Waals surface area contributed by atoms with Gasteiger partial charge in [0.05, 0.1) is 6.04 Å². The van der Waals surface area contributed by atoms with Crippen molar-refractivity contribution in [3.63, 3.8) is 0 Å². The summed E-state index contributed by atoms with van der Waals surface area (Å²) in [6.07, 6.45) is 1.37. The van der Waals surface area contributed by atoms with E-state index in [-0.39, 0.29) is 23.6 Å². The van der Waals surface area contributed by atoms with Gasteiger partial charge in [0.15, 0.2) is 0 Å². The molecular weight excluding hydrogens is 392 g/mol. The van der Waals surface area contributed by atoms with E-state index in [4.69, 9.17) is 11.8 Å². The number of likely N-dealkylation sites (tertiary alicyclic amines) is 1. The van der Waals surface area contributed by atoms with Crippen LogP contribution in [0.3, 0.4) is 0 Å². The van der Waals surface area contributed by atoms with E-state index >= 15 is 0 Å². The minimum atomic E-state index is -0.708. The third kappa shape index (κ3) is 6.18. The fourth-order valence-corrected chi connectivity index (χ4v) is 3.44. The second-order valence-corrected chi connectivity index (χ2v) is 8.17. The van der Waals surface area contributed by atoms with Crippen molar-refractivity contribution >= 4 is 29.5 Å². The number of nitrogens with one attached hydrogen (secondary N) is 3. The highest BCUT2D eigenvalue weighted by molar-refractivity contribution is 6.15. The van der Waals surface area contributed by atoms with Crippen LogP contribution in [0.4, 0.5) is 0 Å². The summed E-state index contributed by atoms with van der Waals surface area (Å²) in [4.78, 5) is 42.0. The highest BCUT2D eigenvalue weighted by Crippen LogP contribution is 2.20. The molecule has 0 saturated carbocycles. The number of carbonyl (C=O) groups is 3. The molecule has 29 heavy (non-hydrogen) atoms. The first-order chi connectivity index (χ1) is 13.7. The van der Waals surface area contributed by atoms with Crippen molar-refractivity contribution in [1.29, 1.82) is 0 Å². The first-order valence-corrected chi connectivity index (χ1v) is 10.4. The van der Waals surface area contributed by atoms with Crippen LogP contribution >= 0.6 is 11.8 Å². The zero-order chi connectivity index (χ0) is 21.6. The second kappa shape index (κ2) is 10.6. The van der Waals surface area contributed by atoms with Crippen LogP contribution in [0.25, 0.3) is 0 Å². The number of hydrogen-bond acceptors (Lipinski definition) is 4. The Labute approximate surface area is 177 Å². The maximum atomic E-state index is 13.1. The standard InChI is InChI=1S/C21H31ClN4O3/c1-13(2)18(24-19(27)15(4)25-22)21(29)26-11-5-6-17(26)20(28)23-12-16-9-7-14(3)8-10-16/h7-10,13,15,17-18,25H,5-6,11-12H2,1-4H3,(H,23,28)(H,24,27)/t15?,17?,18-/m0/s1. The van der Waals surface area contributed by atoms with Gasteiger partial charge in [-0.3, -0.25) is 14.4 Å². The van der Waals surface area contributed by atoms with Gasteiger partial charge in [-0.05, 0) is 49.9 Å². The molecule has 1 aromatic rings. The summed E-state index contributed by atoms with van der Waals surface area (Å²) in [5, 5.41) is 5.69. The SMILES string of the molecule is Cc1ccc(CNC(=O)C2CCCN2C(=O)[C@@H](NC(=O)C(C)NCl)C(C)C)cc1. The van der Waals surface area contributed by atoms with Gasteiger partial charge >= 0.3 is 0 Å². The lowest BCUT2D eigenvalue weighted by Gasteiger charge is -2.31. The highest BCUT2D eigenvalue weighted by atomic mass is 35.5. The van der Waals surface area contributed by atoms with E-state index in [2.05, 4.69) is 15.5 Å². The Morgan fingerprint density at radius 2 is 1.83 bits per heavy atom. The van der Waals surface area contributed by atoms with E-state index in [0.29, 0.717) is 19.5 Å². The van der Waals surface area contributed by atoms with E-state index in [9.17, 15) is 14.4 Å². The molecule has 1 aromatic carbocycles. The normalized spacial score (nSPS) is 18.4. The van der Waals surface area contributed by atoms with E-state index in [1.54, 1.807) is 11.8 Å². The van der Waals surface area contributed by atoms with Crippen LogP contribution in [-0.4, -0.2) is 47.3 Å². The first-order valence-electron chi connectivity index (χ1n) is 10.0. The van der Waals surface area contributed by atoms with Crippen molar-refractivity contribution in [2.45, 2.75) is 65.2 Å². The van der Waals surface area contributed by atoms with Gasteiger partial charge in [-0.25, -0.2) is 4.84 Å². The van der Waals surface area contributed by atoms with Crippen LogP contribution in [0, 0.1) is 12.8 Å². The van der Waals surface area contributed by atoms with Gasteiger partial charge < -0.3 is 15.5 Å². The largest absolute Gasteiger partial charge is 0.350 e. The summed E-state index contributed by atoms with van der Waals surface area (Å²) >= 11 is 5.52. The lowest BCUT2D eigenvalue weighted by atomic mass is 10.0. The lowest BCUT2D eigenvalue weighted by molar-refractivity contribution is -0.142. The Kier molecular flexibility index (Phi) is 8.46. The molecule has 2 unspecified atom stereocenters. The average molecular weight is 423 g/mol. The second-order valence-electron chi connectivity index (χ2n) is 7.95. The van der Waals surface area contributed by atoms with Gasteiger partial charge in [0.2, 0.25) is 17.7 Å². The zero-order valence-corrected chi connectivity index (χ0v) is 18.3. The van der Waals surface area contributed by atoms with Crippen molar-refractivity contribution < 1.29 is 14.4 Å². The van der Waals surface area contributed by atoms with Gasteiger partial charge in [-0.2, -0.15) is 0 Å². The van der Waals surface area contributed by atoms with Crippen molar-refractivity contribution in [3.8, 4) is 0 Å². The average Bonchev–Trinajstić information content (AvgIpc) is 3.19. The van der Waals surface area contributed by atoms with Crippen molar-refractivity contribution in [3.05, 3.63) is 35.4 Å². The number of aryl methyl sites for hydroxylation is 1. The van der Waals surface area contributed by atoms with E-state index in [1.165, 1.54) is 0 Å². The molecule has 1 aliphatic heterocycles. The fraction of sp³-hybridized carbons (Fsp3) is 0.571. The topological polar surface area (TPSA) is 90.5 Å². The number of carbonyl (C=O) groups excluding carboxylic acids is 3. The van der Waals surface area contributed by atoms with Crippen LogP contribution in [0.15, 0.2) is 24.3 Å². The molecule has 0 spiro atoms. The number of rotatable bonds is 8. The van der Waals surface area contributed by atoms with E-state index < -0.39 is 18.1 Å². The molecule has 1 heterocycles. The lowest BCUT2D eigenvalue weighted by Crippen LogP contribution is -2.56. The van der Waals surface area contributed by atoms with Crippen LogP contribution in [-0.2, 0) is 20.9 Å². The molecule has 160 valence electrons. The molecule has 1 fully saturated rings. The Hall–Kier alpha value is -2.12. The monoisotopic (exact) mass is 422 g/mol. The molecular formula is C21H31ClN4O3. The molecule has 8 heteroatoms. The quantitative estimate of drug-likeness (QED) is 0.558. The molecule has 0 bridgehead atoms. The van der Waals surface area contributed by atoms with Crippen molar-refractivity contribution in [2.75, 3.05) is 6.54 Å². The highest BCUT2D eigenvalue weighted by Gasteiger charge is 2.38. The Balaban J connectivity index is 2.02. The molecule has 2 rings (SSSR count). The molecule has 3 amide bonds. The zero-order valence-electron chi connectivity index (χ0n) is 17.5. The molecule has 0 aliphatic carbocycles. The van der Waals surface area contributed by atoms with Gasteiger partial charge in [0.25, 0.3) is 0 Å². The van der Waals surface area contributed by atoms with Crippen LogP contribution < -0.4 is 15.5 Å². The molecule has 0 aromatic heterocycles. The van der Waals surface area contributed by atoms with Gasteiger partial charge in [-0.15, -0.1) is 0 Å². The molecule has 3 N–H and O–H groups in total. The van der Waals surface area contributed by atoms with E-state index in [1.807, 2.05) is 45.0 Å². The molecule has 3 atom stereocenters. The number of hydrogen-bond donors (Lipinski definition) is 3. The van der Waals surface area contributed by atoms with Crippen molar-refractivity contribution in [2.24, 2.45) is 5.92 Å². The van der Waals surface area contributed by atoms with Gasteiger partial charge in [0, 0.05) is 13.1 Å². The third-order valence-electron chi connectivity index (χ3n) is 5.21. The Morgan fingerprint density at radius 1 is 1.17 bits per heavy atom. The van der Waals surface area contributed by atoms with Crippen LogP contribution in [0.5, 0.6) is 0 Å². The Morgan fingerprint density at radius 3 is 2.41 bits per heavy atom. The summed E-state index contributed by atoms with van der Waals surface area (Å²) in [5.41, 5.74) is 2.17. The number of benzene rings is 1.